The van der Waals surface area contributed by atoms with Crippen LogP contribution in [0.1, 0.15) is 38.7 Å². The molecule has 0 amide bonds. The van der Waals surface area contributed by atoms with Gasteiger partial charge in [-0.25, -0.2) is 0 Å². The summed E-state index contributed by atoms with van der Waals surface area (Å²) in [4.78, 5) is 7.54. The fraction of sp³-hybridized carbons (Fsp3) is 0.500. The van der Waals surface area contributed by atoms with E-state index >= 15 is 0 Å². The molecule has 172 valence electrons. The van der Waals surface area contributed by atoms with Gasteiger partial charge >= 0.3 is 0 Å². The third-order valence-electron chi connectivity index (χ3n) is 6.33. The lowest BCUT2D eigenvalue weighted by Crippen LogP contribution is -2.46. The standard InChI is InChI=1S/C26H34N2O4/c1-5-18(2)32-22-7-8-23-21(15-22)17-28(26(27-23)20-10-12-31-13-11-20)16-19-6-9-24(29-3)25(14-19)30-4/h6-9,14-15,17-18,20,26H,5,10-13,16H2,1-4H3/t18-,26?/m0/s1. The molecule has 2 aliphatic rings. The molecule has 0 radical (unpaired) electrons. The molecular weight excluding hydrogens is 404 g/mol. The van der Waals surface area contributed by atoms with Crippen LogP contribution in [-0.4, -0.2) is 44.6 Å². The highest BCUT2D eigenvalue weighted by molar-refractivity contribution is 5.43. The molecule has 0 saturated carbocycles. The number of benzene rings is 2. The molecular formula is C26H34N2O4. The van der Waals surface area contributed by atoms with Gasteiger partial charge in [0.25, 0.3) is 0 Å². The van der Waals surface area contributed by atoms with Crippen LogP contribution >= 0.6 is 0 Å². The lowest BCUT2D eigenvalue weighted by molar-refractivity contribution is 0.0382. The first kappa shape index (κ1) is 22.5. The minimum atomic E-state index is 0.0841. The van der Waals surface area contributed by atoms with Gasteiger partial charge in [0.15, 0.2) is 11.5 Å². The van der Waals surface area contributed by atoms with E-state index < -0.39 is 0 Å². The number of fused-ring (bicyclic) bond motifs is 1. The smallest absolute Gasteiger partial charge is 0.161 e. The van der Waals surface area contributed by atoms with Gasteiger partial charge in [-0.2, -0.15) is 0 Å². The van der Waals surface area contributed by atoms with Crippen LogP contribution in [0.4, 0.5) is 0 Å². The largest absolute Gasteiger partial charge is 0.493 e. The second-order valence-electron chi connectivity index (χ2n) is 8.54. The van der Waals surface area contributed by atoms with E-state index in [2.05, 4.69) is 43.1 Å². The second kappa shape index (κ2) is 10.3. The third-order valence-corrected chi connectivity index (χ3v) is 6.33. The summed E-state index contributed by atoms with van der Waals surface area (Å²) in [6, 6.07) is 12.3. The van der Waals surface area contributed by atoms with Crippen molar-refractivity contribution in [3.8, 4) is 17.2 Å². The van der Waals surface area contributed by atoms with Crippen LogP contribution in [0.3, 0.4) is 0 Å². The van der Waals surface area contributed by atoms with Gasteiger partial charge in [-0.3, -0.25) is 4.99 Å². The summed E-state index contributed by atoms with van der Waals surface area (Å²) in [7, 11) is 3.33. The van der Waals surface area contributed by atoms with Crippen LogP contribution in [0.2, 0.25) is 0 Å². The molecule has 0 N–H and O–H groups in total. The monoisotopic (exact) mass is 438 g/mol. The first-order valence-electron chi connectivity index (χ1n) is 11.5. The molecule has 6 heteroatoms. The topological polar surface area (TPSA) is 52.5 Å². The molecule has 2 aliphatic heterocycles. The van der Waals surface area contributed by atoms with Crippen molar-refractivity contribution in [1.29, 1.82) is 0 Å². The molecule has 4 rings (SSSR count). The Bertz CT molecular complexity index is 1030. The van der Waals surface area contributed by atoms with Crippen LogP contribution in [-0.2, 0) is 11.3 Å². The molecule has 2 heterocycles. The van der Waals surface area contributed by atoms with Crippen molar-refractivity contribution in [2.75, 3.05) is 27.4 Å². The fourth-order valence-electron chi connectivity index (χ4n) is 4.33. The lowest BCUT2D eigenvalue weighted by atomic mass is 9.95. The van der Waals surface area contributed by atoms with Gasteiger partial charge in [0, 0.05) is 37.1 Å². The van der Waals surface area contributed by atoms with E-state index in [1.165, 1.54) is 0 Å². The van der Waals surface area contributed by atoms with E-state index in [1.807, 2.05) is 18.2 Å². The number of nitrogens with zero attached hydrogens (tertiary/aromatic N) is 2. The second-order valence-corrected chi connectivity index (χ2v) is 8.54. The van der Waals surface area contributed by atoms with Crippen LogP contribution in [0, 0.1) is 5.92 Å². The predicted octanol–water partition coefficient (Wildman–Crippen LogP) is 3.51. The number of rotatable bonds is 8. The van der Waals surface area contributed by atoms with Crippen LogP contribution < -0.4 is 24.8 Å². The van der Waals surface area contributed by atoms with Crippen molar-refractivity contribution in [3.63, 3.8) is 0 Å². The van der Waals surface area contributed by atoms with Crippen LogP contribution in [0.5, 0.6) is 17.2 Å². The molecule has 0 aliphatic carbocycles. The zero-order valence-corrected chi connectivity index (χ0v) is 19.5. The maximum absolute atomic E-state index is 6.05. The van der Waals surface area contributed by atoms with Gasteiger partial charge in [0.2, 0.25) is 0 Å². The highest BCUT2D eigenvalue weighted by Gasteiger charge is 2.29. The minimum absolute atomic E-state index is 0.0841. The molecule has 1 saturated heterocycles. The molecule has 0 spiro atoms. The average molecular weight is 439 g/mol. The molecule has 0 bridgehead atoms. The maximum atomic E-state index is 6.05. The quantitative estimate of drug-likeness (QED) is 0.631. The number of hydrogen-bond acceptors (Lipinski definition) is 6. The van der Waals surface area contributed by atoms with E-state index in [9.17, 15) is 0 Å². The molecule has 1 unspecified atom stereocenters. The van der Waals surface area contributed by atoms with Crippen molar-refractivity contribution < 1.29 is 18.9 Å². The van der Waals surface area contributed by atoms with Crippen molar-refractivity contribution in [2.24, 2.45) is 10.9 Å². The van der Waals surface area contributed by atoms with E-state index in [0.29, 0.717) is 5.92 Å². The Labute approximate surface area is 190 Å². The Kier molecular flexibility index (Phi) is 7.20. The summed E-state index contributed by atoms with van der Waals surface area (Å²) in [5, 5.41) is 2.12. The summed E-state index contributed by atoms with van der Waals surface area (Å²) >= 11 is 0. The van der Waals surface area contributed by atoms with Gasteiger partial charge in [-0.05, 0) is 62.1 Å². The predicted molar refractivity (Wildman–Crippen MR) is 124 cm³/mol. The molecule has 0 aromatic heterocycles. The van der Waals surface area contributed by atoms with Gasteiger partial charge < -0.3 is 23.8 Å². The molecule has 6 nitrogen and oxygen atoms in total. The van der Waals surface area contributed by atoms with Crippen LogP contribution in [0.15, 0.2) is 41.4 Å². The summed E-state index contributed by atoms with van der Waals surface area (Å²) in [5.74, 6) is 2.83. The van der Waals surface area contributed by atoms with Crippen molar-refractivity contribution >= 4 is 6.20 Å². The van der Waals surface area contributed by atoms with E-state index in [4.69, 9.17) is 23.9 Å². The first-order chi connectivity index (χ1) is 15.6. The first-order valence-corrected chi connectivity index (χ1v) is 11.5. The van der Waals surface area contributed by atoms with Crippen molar-refractivity contribution in [1.82, 2.24) is 4.90 Å². The van der Waals surface area contributed by atoms with Crippen molar-refractivity contribution in [2.45, 2.75) is 51.9 Å². The number of methoxy groups -OCH3 is 2. The van der Waals surface area contributed by atoms with E-state index in [0.717, 1.165) is 72.4 Å². The molecule has 2 aromatic carbocycles. The van der Waals surface area contributed by atoms with Gasteiger partial charge in [0.1, 0.15) is 11.9 Å². The Morgan fingerprint density at radius 2 is 1.84 bits per heavy atom. The molecule has 2 aromatic rings. The fourth-order valence-corrected chi connectivity index (χ4v) is 4.33. The van der Waals surface area contributed by atoms with Crippen molar-refractivity contribution in [3.05, 3.63) is 52.5 Å². The Morgan fingerprint density at radius 3 is 2.56 bits per heavy atom. The number of hydrogen-bond donors (Lipinski definition) is 0. The van der Waals surface area contributed by atoms with E-state index in [1.54, 1.807) is 14.2 Å². The molecule has 1 fully saturated rings. The summed E-state index contributed by atoms with van der Waals surface area (Å²) in [6.45, 7) is 6.57. The molecule has 32 heavy (non-hydrogen) atoms. The summed E-state index contributed by atoms with van der Waals surface area (Å²) < 4.78 is 22.6. The van der Waals surface area contributed by atoms with Gasteiger partial charge in [0.05, 0.1) is 25.7 Å². The normalized spacial score (nSPS) is 19.4. The SMILES string of the molecule is CC[C@H](C)Oc1ccc2c(c1)=CN(Cc1ccc(OC)c(OC)c1)C(C1CCOCC1)N=2. The van der Waals surface area contributed by atoms with Crippen LogP contribution in [0.25, 0.3) is 6.20 Å². The summed E-state index contributed by atoms with van der Waals surface area (Å²) in [6.07, 6.45) is 5.53. The Balaban J connectivity index is 1.68. The lowest BCUT2D eigenvalue weighted by Gasteiger charge is -2.37. The molecule has 2 atom stereocenters. The summed E-state index contributed by atoms with van der Waals surface area (Å²) in [5.41, 5.74) is 1.15. The maximum Gasteiger partial charge on any atom is 0.161 e. The highest BCUT2D eigenvalue weighted by atomic mass is 16.5. The Morgan fingerprint density at radius 1 is 1.06 bits per heavy atom. The number of ether oxygens (including phenoxy) is 4. The van der Waals surface area contributed by atoms with E-state index in [-0.39, 0.29) is 12.3 Å². The van der Waals surface area contributed by atoms with Gasteiger partial charge in [-0.15, -0.1) is 0 Å². The van der Waals surface area contributed by atoms with Gasteiger partial charge in [-0.1, -0.05) is 13.0 Å². The minimum Gasteiger partial charge on any atom is -0.493 e. The highest BCUT2D eigenvalue weighted by Crippen LogP contribution is 2.30. The zero-order valence-electron chi connectivity index (χ0n) is 19.5. The Hall–Kier alpha value is -2.73. The zero-order chi connectivity index (χ0) is 22.5. The third kappa shape index (κ3) is 5.01. The average Bonchev–Trinajstić information content (AvgIpc) is 2.84.